The Bertz CT molecular complexity index is 461. The molecule has 0 spiro atoms. The predicted octanol–water partition coefficient (Wildman–Crippen LogP) is -1.46. The van der Waals surface area contributed by atoms with E-state index in [-0.39, 0.29) is 17.9 Å². The molecule has 0 aromatic carbocycles. The van der Waals surface area contributed by atoms with Gasteiger partial charge in [0.1, 0.15) is 18.0 Å². The highest BCUT2D eigenvalue weighted by molar-refractivity contribution is 7.98. The number of aliphatic hydroxyl groups excluding tert-OH is 1. The van der Waals surface area contributed by atoms with Crippen molar-refractivity contribution in [1.82, 2.24) is 14.9 Å². The lowest BCUT2D eigenvalue weighted by molar-refractivity contribution is -0.142. The van der Waals surface area contributed by atoms with E-state index >= 15 is 0 Å². The monoisotopic (exact) mass is 365 g/mol. The van der Waals surface area contributed by atoms with E-state index in [1.54, 1.807) is 13.8 Å². The second-order valence-corrected chi connectivity index (χ2v) is 5.92. The number of hydrogen-bond donors (Lipinski definition) is 4. The summed E-state index contributed by atoms with van der Waals surface area (Å²) in [6.07, 6.45) is 0. The smallest absolute Gasteiger partial charge is 0.328 e. The van der Waals surface area contributed by atoms with Gasteiger partial charge >= 0.3 is 5.97 Å². The van der Waals surface area contributed by atoms with Gasteiger partial charge in [-0.15, -0.1) is 0 Å². The molecule has 0 heterocycles. The van der Waals surface area contributed by atoms with Crippen LogP contribution in [0.5, 0.6) is 0 Å². The van der Waals surface area contributed by atoms with E-state index in [1.165, 1.54) is 11.2 Å². The van der Waals surface area contributed by atoms with Gasteiger partial charge in [-0.3, -0.25) is 18.7 Å². The second-order valence-electron chi connectivity index (χ2n) is 4.60. The number of nitrogens with zero attached hydrogens (tertiary/aromatic N) is 1. The summed E-state index contributed by atoms with van der Waals surface area (Å²) >= 11 is 1.05. The molecule has 0 aliphatic heterocycles. The quantitative estimate of drug-likeness (QED) is 0.257. The van der Waals surface area contributed by atoms with Crippen molar-refractivity contribution in [3.63, 3.8) is 0 Å². The Morgan fingerprint density at radius 1 is 1.25 bits per heavy atom. The maximum atomic E-state index is 11.8. The van der Waals surface area contributed by atoms with E-state index in [9.17, 15) is 19.2 Å². The van der Waals surface area contributed by atoms with Crippen molar-refractivity contribution in [3.05, 3.63) is 0 Å². The maximum Gasteiger partial charge on any atom is 0.328 e. The summed E-state index contributed by atoms with van der Waals surface area (Å²) in [6, 6.07) is -1.44. The molecule has 0 aliphatic rings. The van der Waals surface area contributed by atoms with E-state index in [0.717, 1.165) is 11.9 Å². The summed E-state index contributed by atoms with van der Waals surface area (Å²) in [5.41, 5.74) is -0.323. The van der Waals surface area contributed by atoms with Crippen LogP contribution >= 0.6 is 11.9 Å². The topological polar surface area (TPSA) is 145 Å². The van der Waals surface area contributed by atoms with Crippen LogP contribution in [0, 0.1) is 0 Å². The third-order valence-electron chi connectivity index (χ3n) is 2.58. The van der Waals surface area contributed by atoms with Gasteiger partial charge in [0.2, 0.25) is 17.7 Å². The lowest BCUT2D eigenvalue weighted by atomic mass is 10.3. The van der Waals surface area contributed by atoms with Crippen molar-refractivity contribution in [3.8, 4) is 0 Å². The molecule has 1 unspecified atom stereocenters. The highest BCUT2D eigenvalue weighted by Crippen LogP contribution is 2.17. The van der Waals surface area contributed by atoms with Crippen LogP contribution in [0.1, 0.15) is 20.8 Å². The number of nitrogens with one attached hydrogen (secondary N) is 2. The molecule has 0 aromatic heterocycles. The third-order valence-corrected chi connectivity index (χ3v) is 3.65. The zero-order valence-electron chi connectivity index (χ0n) is 13.8. The lowest BCUT2D eigenvalue weighted by Crippen LogP contribution is -2.48. The van der Waals surface area contributed by atoms with Gasteiger partial charge in [-0.2, -0.15) is 0 Å². The fourth-order valence-electron chi connectivity index (χ4n) is 1.46. The van der Waals surface area contributed by atoms with Crippen molar-refractivity contribution in [2.75, 3.05) is 26.3 Å². The highest BCUT2D eigenvalue weighted by Gasteiger charge is 2.20. The predicted molar refractivity (Wildman–Crippen MR) is 85.7 cm³/mol. The van der Waals surface area contributed by atoms with Crippen molar-refractivity contribution in [2.45, 2.75) is 32.2 Å². The average molecular weight is 365 g/mol. The number of carbonyl (C=O) groups is 4. The Morgan fingerprint density at radius 3 is 2.33 bits per heavy atom. The summed E-state index contributed by atoms with van der Waals surface area (Å²) in [4.78, 5) is 45.5. The fraction of sp³-hybridized carbons (Fsp3) is 0.692. The minimum atomic E-state index is -1.44. The van der Waals surface area contributed by atoms with E-state index in [1.807, 2.05) is 5.32 Å². The van der Waals surface area contributed by atoms with Crippen molar-refractivity contribution in [2.24, 2.45) is 0 Å². The Hall–Kier alpha value is -1.85. The van der Waals surface area contributed by atoms with Gasteiger partial charge in [0.05, 0.1) is 13.2 Å². The number of aliphatic hydroxyl groups is 1. The number of hydrogen-bond acceptors (Lipinski definition) is 7. The summed E-state index contributed by atoms with van der Waals surface area (Å²) in [7, 11) is 0. The fourth-order valence-corrected chi connectivity index (χ4v) is 2.36. The largest absolute Gasteiger partial charge is 0.480 e. The van der Waals surface area contributed by atoms with Crippen LogP contribution in [0.15, 0.2) is 0 Å². The Balaban J connectivity index is 4.36. The van der Waals surface area contributed by atoms with Crippen LogP contribution in [0.4, 0.5) is 0 Å². The van der Waals surface area contributed by atoms with Crippen LogP contribution in [-0.2, 0) is 23.9 Å². The maximum absolute atomic E-state index is 11.8. The van der Waals surface area contributed by atoms with Gasteiger partial charge in [0, 0.05) is 13.5 Å². The first kappa shape index (κ1) is 22.1. The van der Waals surface area contributed by atoms with Crippen molar-refractivity contribution in [1.29, 1.82) is 0 Å². The first-order chi connectivity index (χ1) is 11.2. The zero-order chi connectivity index (χ0) is 18.7. The number of aliphatic carboxylic acids is 1. The minimum absolute atomic E-state index is 0.285. The van der Waals surface area contributed by atoms with Gasteiger partial charge in [0.15, 0.2) is 0 Å². The van der Waals surface area contributed by atoms with Crippen LogP contribution in [0.2, 0.25) is 0 Å². The molecule has 0 rings (SSSR count). The molecule has 0 fully saturated rings. The Kier molecular flexibility index (Phi) is 10.8. The van der Waals surface area contributed by atoms with Crippen molar-refractivity contribution < 1.29 is 34.1 Å². The molecule has 4 N–H and O–H groups in total. The molecule has 0 bridgehead atoms. The summed E-state index contributed by atoms with van der Waals surface area (Å²) < 4.78 is 6.47. The molecule has 0 radical (unpaired) electrons. The number of carbonyl (C=O) groups excluding carboxylic acids is 3. The molecule has 138 valence electrons. The minimum Gasteiger partial charge on any atom is -0.480 e. The molecule has 11 heteroatoms. The standard InChI is InChI=1S/C13H23N3O7S/c1-4-23-9(3)24-16(8(2)18)6-12(20)14-5-11(19)15-10(7-17)13(21)22/h9-10,17H,4-7H2,1-3H3,(H,14,20)(H,15,19)(H,21,22)/t9?,10-/m0/s1. The third kappa shape index (κ3) is 9.33. The number of rotatable bonds is 11. The highest BCUT2D eigenvalue weighted by atomic mass is 32.2. The lowest BCUT2D eigenvalue weighted by Gasteiger charge is -2.22. The summed E-state index contributed by atoms with van der Waals surface area (Å²) in [5, 5.41) is 21.8. The molecule has 0 saturated heterocycles. The van der Waals surface area contributed by atoms with Crippen LogP contribution in [-0.4, -0.2) is 76.0 Å². The average Bonchev–Trinajstić information content (AvgIpc) is 2.49. The van der Waals surface area contributed by atoms with Gasteiger partial charge in [-0.1, -0.05) is 0 Å². The number of amides is 3. The normalized spacial score (nSPS) is 12.8. The molecule has 0 saturated carbocycles. The Morgan fingerprint density at radius 2 is 1.88 bits per heavy atom. The Labute approximate surface area is 144 Å². The van der Waals surface area contributed by atoms with E-state index < -0.39 is 37.0 Å². The number of ether oxygens (including phenoxy) is 1. The van der Waals surface area contributed by atoms with Gasteiger partial charge in [-0.05, 0) is 25.8 Å². The first-order valence-corrected chi connectivity index (χ1v) is 8.01. The zero-order valence-corrected chi connectivity index (χ0v) is 14.6. The van der Waals surface area contributed by atoms with Crippen LogP contribution in [0.25, 0.3) is 0 Å². The van der Waals surface area contributed by atoms with Crippen LogP contribution in [0.3, 0.4) is 0 Å². The second kappa shape index (κ2) is 11.6. The molecular weight excluding hydrogens is 342 g/mol. The molecule has 2 atom stereocenters. The van der Waals surface area contributed by atoms with Gasteiger partial charge < -0.3 is 25.6 Å². The van der Waals surface area contributed by atoms with Crippen LogP contribution < -0.4 is 10.6 Å². The van der Waals surface area contributed by atoms with E-state index in [2.05, 4.69) is 5.32 Å². The first-order valence-electron chi connectivity index (χ1n) is 7.17. The summed E-state index contributed by atoms with van der Waals surface area (Å²) in [5.74, 6) is -3.10. The number of carboxylic acid groups (broad SMARTS) is 1. The molecule has 0 aliphatic carbocycles. The van der Waals surface area contributed by atoms with Crippen molar-refractivity contribution >= 4 is 35.6 Å². The summed E-state index contributed by atoms with van der Waals surface area (Å²) in [6.45, 7) is 3.77. The molecule has 10 nitrogen and oxygen atoms in total. The van der Waals surface area contributed by atoms with Gasteiger partial charge in [-0.25, -0.2) is 4.79 Å². The molecule has 0 aromatic rings. The molecular formula is C13H23N3O7S. The number of carboxylic acids is 1. The SMILES string of the molecule is CCOC(C)SN(CC(=O)NCC(=O)N[C@@H](CO)C(=O)O)C(C)=O. The van der Waals surface area contributed by atoms with E-state index in [4.69, 9.17) is 14.9 Å². The molecule has 24 heavy (non-hydrogen) atoms. The van der Waals surface area contributed by atoms with Gasteiger partial charge in [0.25, 0.3) is 0 Å². The molecule has 3 amide bonds. The van der Waals surface area contributed by atoms with E-state index in [0.29, 0.717) is 6.61 Å².